The van der Waals surface area contributed by atoms with Crippen LogP contribution in [0.5, 0.6) is 0 Å². The Hall–Kier alpha value is -2.74. The SMILES string of the molecule is C=C(N)c1cccc(C(=C(CCC)CCC)c2ccc(C(=C)N(C)C)cc2)c1. The number of nitrogens with two attached hydrogens (primary N) is 1. The maximum Gasteiger partial charge on any atom is 0.0361 e. The van der Waals surface area contributed by atoms with Crippen molar-refractivity contribution in [2.75, 3.05) is 14.1 Å². The summed E-state index contributed by atoms with van der Waals surface area (Å²) < 4.78 is 0. The van der Waals surface area contributed by atoms with Crippen LogP contribution in [-0.2, 0) is 0 Å². The summed E-state index contributed by atoms with van der Waals surface area (Å²) in [4.78, 5) is 2.04. The van der Waals surface area contributed by atoms with Crippen LogP contribution in [0.2, 0.25) is 0 Å². The molecule has 0 radical (unpaired) electrons. The van der Waals surface area contributed by atoms with Gasteiger partial charge in [0.2, 0.25) is 0 Å². The van der Waals surface area contributed by atoms with Crippen molar-refractivity contribution in [2.45, 2.75) is 39.5 Å². The lowest BCUT2D eigenvalue weighted by Crippen LogP contribution is -2.08. The lowest BCUT2D eigenvalue weighted by Gasteiger charge is -2.19. The van der Waals surface area contributed by atoms with Gasteiger partial charge in [-0.2, -0.15) is 0 Å². The first-order chi connectivity index (χ1) is 13.4. The molecule has 2 N–H and O–H groups in total. The molecule has 0 bridgehead atoms. The van der Waals surface area contributed by atoms with Crippen LogP contribution in [0.4, 0.5) is 0 Å². The van der Waals surface area contributed by atoms with E-state index in [0.717, 1.165) is 42.5 Å². The Kier molecular flexibility index (Phi) is 7.69. The minimum Gasteiger partial charge on any atom is -0.399 e. The molecule has 0 aliphatic heterocycles. The third-order valence-corrected chi connectivity index (χ3v) is 5.03. The van der Waals surface area contributed by atoms with Gasteiger partial charge in [0, 0.05) is 25.5 Å². The molecule has 0 aliphatic rings. The lowest BCUT2D eigenvalue weighted by atomic mass is 9.87. The molecule has 2 nitrogen and oxygen atoms in total. The summed E-state index contributed by atoms with van der Waals surface area (Å²) >= 11 is 0. The van der Waals surface area contributed by atoms with Crippen LogP contribution in [-0.4, -0.2) is 19.0 Å². The van der Waals surface area contributed by atoms with Crippen LogP contribution in [0.25, 0.3) is 17.0 Å². The molecule has 0 spiro atoms. The largest absolute Gasteiger partial charge is 0.399 e. The first kappa shape index (κ1) is 21.6. The molecule has 2 aromatic carbocycles. The molecule has 0 aliphatic carbocycles. The minimum atomic E-state index is 0.603. The molecule has 2 aromatic rings. The van der Waals surface area contributed by atoms with Gasteiger partial charge in [0.05, 0.1) is 0 Å². The molecule has 2 rings (SSSR count). The highest BCUT2D eigenvalue weighted by atomic mass is 15.1. The van der Waals surface area contributed by atoms with Crippen LogP contribution >= 0.6 is 0 Å². The molecule has 0 fully saturated rings. The maximum absolute atomic E-state index is 5.97. The monoisotopic (exact) mass is 374 g/mol. The summed E-state index contributed by atoms with van der Waals surface area (Å²) in [6, 6.07) is 17.2. The number of nitrogens with zero attached hydrogens (tertiary/aromatic N) is 1. The fourth-order valence-electron chi connectivity index (χ4n) is 3.52. The Balaban J connectivity index is 2.62. The number of hydrogen-bond donors (Lipinski definition) is 1. The average Bonchev–Trinajstić information content (AvgIpc) is 2.68. The van der Waals surface area contributed by atoms with Crippen molar-refractivity contribution in [3.05, 3.63) is 89.5 Å². The van der Waals surface area contributed by atoms with E-state index in [9.17, 15) is 0 Å². The van der Waals surface area contributed by atoms with E-state index in [1.165, 1.54) is 22.3 Å². The molecule has 28 heavy (non-hydrogen) atoms. The van der Waals surface area contributed by atoms with Gasteiger partial charge in [-0.05, 0) is 46.7 Å². The van der Waals surface area contributed by atoms with Gasteiger partial charge in [0.1, 0.15) is 0 Å². The standard InChI is InChI=1S/C26H34N2/c1-7-10-22(11-8-2)26(25-13-9-12-24(18-25)19(3)27)23-16-14-21(15-17-23)20(4)28(5)6/h9,12-18H,3-4,7-8,10-11,27H2,1-2,5-6H3. The number of rotatable bonds is 9. The van der Waals surface area contributed by atoms with E-state index >= 15 is 0 Å². The number of allylic oxidation sites excluding steroid dienone is 1. The van der Waals surface area contributed by atoms with Crippen LogP contribution < -0.4 is 5.73 Å². The van der Waals surface area contributed by atoms with Crippen molar-refractivity contribution in [3.8, 4) is 0 Å². The van der Waals surface area contributed by atoms with Crippen molar-refractivity contribution >= 4 is 17.0 Å². The Morgan fingerprint density at radius 3 is 1.86 bits per heavy atom. The van der Waals surface area contributed by atoms with Crippen LogP contribution in [0.1, 0.15) is 61.8 Å². The van der Waals surface area contributed by atoms with Gasteiger partial charge in [0.15, 0.2) is 0 Å². The van der Waals surface area contributed by atoms with Crippen molar-refractivity contribution < 1.29 is 0 Å². The van der Waals surface area contributed by atoms with Gasteiger partial charge in [-0.15, -0.1) is 0 Å². The second-order valence-corrected chi connectivity index (χ2v) is 7.50. The highest BCUT2D eigenvalue weighted by Crippen LogP contribution is 2.33. The Morgan fingerprint density at radius 2 is 1.36 bits per heavy atom. The normalized spacial score (nSPS) is 10.4. The highest BCUT2D eigenvalue weighted by molar-refractivity contribution is 5.84. The Labute approximate surface area is 171 Å². The maximum atomic E-state index is 5.97. The topological polar surface area (TPSA) is 29.3 Å². The third kappa shape index (κ3) is 5.16. The van der Waals surface area contributed by atoms with E-state index in [-0.39, 0.29) is 0 Å². The second-order valence-electron chi connectivity index (χ2n) is 7.50. The van der Waals surface area contributed by atoms with Gasteiger partial charge >= 0.3 is 0 Å². The van der Waals surface area contributed by atoms with Crippen molar-refractivity contribution in [3.63, 3.8) is 0 Å². The zero-order chi connectivity index (χ0) is 20.7. The average molecular weight is 375 g/mol. The summed E-state index contributed by atoms with van der Waals surface area (Å²) in [6.45, 7) is 12.6. The number of benzene rings is 2. The second kappa shape index (κ2) is 9.98. The Morgan fingerprint density at radius 1 is 0.821 bits per heavy atom. The van der Waals surface area contributed by atoms with Crippen LogP contribution in [0.3, 0.4) is 0 Å². The van der Waals surface area contributed by atoms with E-state index < -0.39 is 0 Å². The summed E-state index contributed by atoms with van der Waals surface area (Å²) in [6.07, 6.45) is 4.47. The van der Waals surface area contributed by atoms with E-state index in [2.05, 4.69) is 69.5 Å². The first-order valence-corrected chi connectivity index (χ1v) is 10.1. The van der Waals surface area contributed by atoms with Gasteiger partial charge in [-0.3, -0.25) is 0 Å². The fraction of sp³-hybridized carbons (Fsp3) is 0.308. The summed E-state index contributed by atoms with van der Waals surface area (Å²) in [5.74, 6) is 0. The van der Waals surface area contributed by atoms with Gasteiger partial charge < -0.3 is 10.6 Å². The Bertz CT molecular complexity index is 846. The quantitative estimate of drug-likeness (QED) is 0.539. The third-order valence-electron chi connectivity index (χ3n) is 5.03. The molecule has 0 amide bonds. The molecule has 0 saturated heterocycles. The molecule has 0 unspecified atom stereocenters. The van der Waals surface area contributed by atoms with E-state index in [0.29, 0.717) is 5.70 Å². The molecular formula is C26H34N2. The molecule has 0 heterocycles. The van der Waals surface area contributed by atoms with Crippen molar-refractivity contribution in [1.82, 2.24) is 4.90 Å². The molecule has 0 saturated carbocycles. The van der Waals surface area contributed by atoms with Crippen molar-refractivity contribution in [2.24, 2.45) is 5.73 Å². The predicted octanol–water partition coefficient (Wildman–Crippen LogP) is 6.55. The lowest BCUT2D eigenvalue weighted by molar-refractivity contribution is 0.593. The zero-order valence-corrected chi connectivity index (χ0v) is 17.9. The van der Waals surface area contributed by atoms with Gasteiger partial charge in [-0.1, -0.05) is 87.9 Å². The fourth-order valence-corrected chi connectivity index (χ4v) is 3.52. The highest BCUT2D eigenvalue weighted by Gasteiger charge is 2.13. The predicted molar refractivity (Wildman–Crippen MR) is 125 cm³/mol. The number of hydrogen-bond acceptors (Lipinski definition) is 2. The van der Waals surface area contributed by atoms with Crippen LogP contribution in [0.15, 0.2) is 67.3 Å². The van der Waals surface area contributed by atoms with Gasteiger partial charge in [-0.25, -0.2) is 0 Å². The molecule has 148 valence electrons. The summed E-state index contributed by atoms with van der Waals surface area (Å²) in [5, 5.41) is 0. The summed E-state index contributed by atoms with van der Waals surface area (Å²) in [7, 11) is 4.04. The molecular weight excluding hydrogens is 340 g/mol. The van der Waals surface area contributed by atoms with E-state index in [1.807, 2.05) is 25.1 Å². The molecule has 2 heteroatoms. The van der Waals surface area contributed by atoms with E-state index in [1.54, 1.807) is 0 Å². The summed E-state index contributed by atoms with van der Waals surface area (Å²) in [5.41, 5.74) is 15.0. The van der Waals surface area contributed by atoms with Gasteiger partial charge in [0.25, 0.3) is 0 Å². The minimum absolute atomic E-state index is 0.603. The van der Waals surface area contributed by atoms with E-state index in [4.69, 9.17) is 5.73 Å². The smallest absolute Gasteiger partial charge is 0.0361 e. The molecule has 0 atom stereocenters. The van der Waals surface area contributed by atoms with Crippen molar-refractivity contribution in [1.29, 1.82) is 0 Å². The zero-order valence-electron chi connectivity index (χ0n) is 17.9. The van der Waals surface area contributed by atoms with Crippen LogP contribution in [0, 0.1) is 0 Å². The molecule has 0 aromatic heterocycles. The first-order valence-electron chi connectivity index (χ1n) is 10.1.